The van der Waals surface area contributed by atoms with Gasteiger partial charge in [-0.25, -0.2) is 0 Å². The third kappa shape index (κ3) is 5.06. The summed E-state index contributed by atoms with van der Waals surface area (Å²) in [6, 6.07) is 0. The first-order valence-corrected chi connectivity index (χ1v) is 13.3. The molecule has 0 rings (SSSR count). The summed E-state index contributed by atoms with van der Waals surface area (Å²) in [6.07, 6.45) is 5.80. The maximum absolute atomic E-state index is 5.92. The zero-order valence-electron chi connectivity index (χ0n) is 7.41. The Bertz CT molecular complexity index is 159. The van der Waals surface area contributed by atoms with Crippen molar-refractivity contribution >= 4 is 27.3 Å². The Labute approximate surface area is 85.0 Å². The Morgan fingerprint density at radius 2 is 2.00 bits per heavy atom. The fraction of sp³-hybridized carbons (Fsp3) is 0.333. The molecule has 0 radical (unpaired) electrons. The van der Waals surface area contributed by atoms with Crippen LogP contribution in [0, 0.1) is 0 Å². The molecule has 2 N–H and O–H groups in total. The van der Waals surface area contributed by atoms with Crippen LogP contribution < -0.4 is 5.73 Å². The molecule has 2 unspecified atom stereocenters. The molecule has 0 bridgehead atoms. The summed E-state index contributed by atoms with van der Waals surface area (Å²) >= 11 is -1.65. The van der Waals surface area contributed by atoms with Crippen molar-refractivity contribution < 1.29 is 0 Å². The number of allylic oxidation sites excluding steroid dienone is 1. The Morgan fingerprint density at radius 3 is 2.42 bits per heavy atom. The van der Waals surface area contributed by atoms with Gasteiger partial charge in [0.15, 0.2) is 0 Å². The van der Waals surface area contributed by atoms with Crippen molar-refractivity contribution in [2.75, 3.05) is 5.75 Å². The van der Waals surface area contributed by atoms with Crippen LogP contribution in [-0.2, 0) is 0 Å². The van der Waals surface area contributed by atoms with E-state index in [0.29, 0.717) is 0 Å². The molecule has 3 heteroatoms. The van der Waals surface area contributed by atoms with Crippen LogP contribution in [0.15, 0.2) is 38.0 Å². The predicted octanol–water partition coefficient (Wildman–Crippen LogP) is 1.87. The van der Waals surface area contributed by atoms with Gasteiger partial charge in [-0.2, -0.15) is 0 Å². The van der Waals surface area contributed by atoms with Gasteiger partial charge in [0.1, 0.15) is 0 Å². The molecule has 0 aromatic rings. The van der Waals surface area contributed by atoms with Gasteiger partial charge in [0.25, 0.3) is 0 Å². The first-order chi connectivity index (χ1) is 5.76. The molecule has 2 atom stereocenters. The van der Waals surface area contributed by atoms with Crippen molar-refractivity contribution in [1.82, 2.24) is 0 Å². The summed E-state index contributed by atoms with van der Waals surface area (Å²) in [6.45, 7) is 11.2. The van der Waals surface area contributed by atoms with Crippen LogP contribution in [0.5, 0.6) is 0 Å². The van der Waals surface area contributed by atoms with Crippen LogP contribution in [0.25, 0.3) is 0 Å². The Balaban J connectivity index is 3.91. The van der Waals surface area contributed by atoms with Gasteiger partial charge in [0.05, 0.1) is 0 Å². The number of hydrogen-bond acceptors (Lipinski definition) is 2. The quantitative estimate of drug-likeness (QED) is 0.572. The van der Waals surface area contributed by atoms with E-state index in [4.69, 9.17) is 5.73 Å². The molecule has 68 valence electrons. The summed E-state index contributed by atoms with van der Waals surface area (Å²) in [7, 11) is 2.00. The standard InChI is InChI=1S/C3H6N.C3H6S.C3H5.Sn.H/c2*1-2-3-4;1-3-2;;/h2-3H,1,4H2;2,4H,1,3H2;3H,1-2H2;;/q;;;+1;/p-1. The minimum absolute atomic E-state index is 0.259. The van der Waals surface area contributed by atoms with E-state index in [1.807, 2.05) is 27.2 Å². The second-order valence-corrected chi connectivity index (χ2v) is 16.7. The summed E-state index contributed by atoms with van der Waals surface area (Å²) in [5, 5.41) is 0. The topological polar surface area (TPSA) is 26.0 Å². The molecule has 0 aliphatic carbocycles. The third-order valence-electron chi connectivity index (χ3n) is 1.53. The number of rotatable bonds is 7. The van der Waals surface area contributed by atoms with Gasteiger partial charge < -0.3 is 0 Å². The van der Waals surface area contributed by atoms with Gasteiger partial charge in [0, 0.05) is 0 Å². The van der Waals surface area contributed by atoms with E-state index in [1.165, 1.54) is 0 Å². The van der Waals surface area contributed by atoms with E-state index in [2.05, 4.69) is 19.7 Å². The summed E-state index contributed by atoms with van der Waals surface area (Å²) in [5.41, 5.74) is 5.92. The molecule has 0 heterocycles. The van der Waals surface area contributed by atoms with Gasteiger partial charge in [-0.3, -0.25) is 0 Å². The van der Waals surface area contributed by atoms with E-state index < -0.39 is 18.4 Å². The summed E-state index contributed by atoms with van der Waals surface area (Å²) in [4.78, 5) is 0. The van der Waals surface area contributed by atoms with Gasteiger partial charge in [-0.05, 0) is 0 Å². The molecule has 1 nitrogen and oxygen atoms in total. The molecule has 0 aromatic carbocycles. The second kappa shape index (κ2) is 7.95. The zero-order valence-corrected chi connectivity index (χ0v) is 11.5. The predicted molar refractivity (Wildman–Crippen MR) is 63.0 cm³/mol. The Kier molecular flexibility index (Phi) is 8.17. The third-order valence-corrected chi connectivity index (χ3v) is 16.6. The normalized spacial score (nSPS) is 14.8. The number of nitrogens with two attached hydrogens (primary N) is 1. The van der Waals surface area contributed by atoms with Gasteiger partial charge in [-0.15, -0.1) is 0 Å². The minimum atomic E-state index is -1.65. The molecule has 0 fully saturated rings. The molecule has 0 saturated heterocycles. The van der Waals surface area contributed by atoms with Crippen molar-refractivity contribution in [3.05, 3.63) is 38.0 Å². The zero-order chi connectivity index (χ0) is 9.40. The molecule has 0 aliphatic heterocycles. The summed E-state index contributed by atoms with van der Waals surface area (Å²) in [5.74, 6) is 1.02. The summed E-state index contributed by atoms with van der Waals surface area (Å²) < 4.78 is 1.39. The van der Waals surface area contributed by atoms with E-state index in [9.17, 15) is 0 Å². The van der Waals surface area contributed by atoms with Crippen molar-refractivity contribution in [1.29, 1.82) is 0 Å². The van der Waals surface area contributed by atoms with E-state index >= 15 is 0 Å². The molecule has 0 spiro atoms. The van der Waals surface area contributed by atoms with E-state index in [-0.39, 0.29) is 4.06 Å². The molecule has 0 aromatic heterocycles. The van der Waals surface area contributed by atoms with Crippen LogP contribution in [0.2, 0.25) is 4.44 Å². The van der Waals surface area contributed by atoms with Gasteiger partial charge in [-0.1, -0.05) is 0 Å². The van der Waals surface area contributed by atoms with E-state index in [1.54, 1.807) is 0 Å². The Hall–Kier alpha value is 0.329. The monoisotopic (exact) mass is 291 g/mol. The average molecular weight is 290 g/mol. The van der Waals surface area contributed by atoms with Gasteiger partial charge >= 0.3 is 85.3 Å². The second-order valence-electron chi connectivity index (χ2n) is 2.50. The maximum atomic E-state index is 5.92. The van der Waals surface area contributed by atoms with Gasteiger partial charge in [0.2, 0.25) is 0 Å². The van der Waals surface area contributed by atoms with Crippen LogP contribution >= 0.6 is 8.95 Å². The van der Waals surface area contributed by atoms with Crippen LogP contribution in [0.4, 0.5) is 0 Å². The average Bonchev–Trinajstić information content (AvgIpc) is 2.11. The van der Waals surface area contributed by atoms with Crippen molar-refractivity contribution in [3.8, 4) is 0 Å². The molecular weight excluding hydrogens is 273 g/mol. The van der Waals surface area contributed by atoms with Crippen LogP contribution in [0.3, 0.4) is 0 Å². The molecular formula is C9H17NSSn. The van der Waals surface area contributed by atoms with Crippen LogP contribution in [0.1, 0.15) is 0 Å². The van der Waals surface area contributed by atoms with Crippen LogP contribution in [-0.4, -0.2) is 28.2 Å². The first kappa shape index (κ1) is 12.3. The molecule has 0 saturated carbocycles. The fourth-order valence-corrected chi connectivity index (χ4v) is 12.3. The van der Waals surface area contributed by atoms with Crippen molar-refractivity contribution in [2.45, 2.75) is 8.49 Å². The van der Waals surface area contributed by atoms with E-state index in [0.717, 1.165) is 10.2 Å². The fourth-order valence-electron chi connectivity index (χ4n) is 0.844. The number of hydrogen-bond donors (Lipinski definition) is 1. The molecule has 0 amide bonds. The first-order valence-electron chi connectivity index (χ1n) is 3.97. The SMILES string of the molecule is C=CC[S][SnH]([CH2]C=C)[CH](N)C=C. The van der Waals surface area contributed by atoms with Crippen molar-refractivity contribution in [3.63, 3.8) is 0 Å². The van der Waals surface area contributed by atoms with Crippen molar-refractivity contribution in [2.24, 2.45) is 5.73 Å². The Morgan fingerprint density at radius 1 is 1.33 bits per heavy atom. The molecule has 0 aliphatic rings. The molecule has 12 heavy (non-hydrogen) atoms.